The van der Waals surface area contributed by atoms with E-state index in [1.807, 2.05) is 0 Å². The fraction of sp³-hybridized carbons (Fsp3) is 0.765. The first-order chi connectivity index (χ1) is 11.2. The zero-order chi connectivity index (χ0) is 16.2. The van der Waals surface area contributed by atoms with E-state index in [1.54, 1.807) is 11.3 Å². The van der Waals surface area contributed by atoms with Gasteiger partial charge in [-0.15, -0.1) is 11.3 Å². The SMILES string of the molecule is CCc1nc(CCNC(=O)N[C@@H]2CCC[C@@H]3OCC[C@@H]32)sc1C. The minimum absolute atomic E-state index is 0.0495. The molecule has 1 saturated carbocycles. The molecule has 2 fully saturated rings. The van der Waals surface area contributed by atoms with Crippen molar-refractivity contribution in [1.82, 2.24) is 15.6 Å². The maximum Gasteiger partial charge on any atom is 0.315 e. The van der Waals surface area contributed by atoms with Crippen molar-refractivity contribution < 1.29 is 9.53 Å². The Kier molecular flexibility index (Phi) is 5.54. The highest BCUT2D eigenvalue weighted by molar-refractivity contribution is 7.11. The molecule has 0 spiro atoms. The van der Waals surface area contributed by atoms with Gasteiger partial charge in [0.1, 0.15) is 0 Å². The molecule has 2 amide bonds. The molecule has 0 radical (unpaired) electrons. The minimum atomic E-state index is -0.0495. The largest absolute Gasteiger partial charge is 0.378 e. The van der Waals surface area contributed by atoms with Gasteiger partial charge in [-0.1, -0.05) is 6.92 Å². The van der Waals surface area contributed by atoms with E-state index in [0.29, 0.717) is 18.6 Å². The number of hydrogen-bond donors (Lipinski definition) is 2. The number of nitrogens with zero attached hydrogens (tertiary/aromatic N) is 1. The molecule has 23 heavy (non-hydrogen) atoms. The molecule has 2 heterocycles. The first-order valence-corrected chi connectivity index (χ1v) is 9.60. The molecule has 1 aliphatic carbocycles. The zero-order valence-electron chi connectivity index (χ0n) is 14.1. The van der Waals surface area contributed by atoms with Crippen molar-refractivity contribution in [2.45, 2.75) is 64.5 Å². The first-order valence-electron chi connectivity index (χ1n) is 8.78. The van der Waals surface area contributed by atoms with Crippen LogP contribution in [0.25, 0.3) is 0 Å². The molecule has 0 bridgehead atoms. The highest BCUT2D eigenvalue weighted by Crippen LogP contribution is 2.34. The molecule has 1 aromatic rings. The predicted molar refractivity (Wildman–Crippen MR) is 92.0 cm³/mol. The number of fused-ring (bicyclic) bond motifs is 1. The molecule has 1 saturated heterocycles. The van der Waals surface area contributed by atoms with Crippen LogP contribution in [0.4, 0.5) is 4.79 Å². The highest BCUT2D eigenvalue weighted by Gasteiger charge is 2.38. The predicted octanol–water partition coefficient (Wildman–Crippen LogP) is 2.81. The van der Waals surface area contributed by atoms with Gasteiger partial charge >= 0.3 is 6.03 Å². The van der Waals surface area contributed by atoms with Crippen LogP contribution in [0.3, 0.4) is 0 Å². The summed E-state index contributed by atoms with van der Waals surface area (Å²) in [5, 5.41) is 7.25. The number of thiazole rings is 1. The molecule has 5 nitrogen and oxygen atoms in total. The minimum Gasteiger partial charge on any atom is -0.378 e. The third-order valence-corrected chi connectivity index (χ3v) is 6.07. The van der Waals surface area contributed by atoms with E-state index in [1.165, 1.54) is 10.6 Å². The lowest BCUT2D eigenvalue weighted by molar-refractivity contribution is 0.0549. The van der Waals surface area contributed by atoms with E-state index in [-0.39, 0.29) is 12.1 Å². The quantitative estimate of drug-likeness (QED) is 0.868. The highest BCUT2D eigenvalue weighted by atomic mass is 32.1. The van der Waals surface area contributed by atoms with Gasteiger partial charge in [0.15, 0.2) is 0 Å². The Morgan fingerprint density at radius 2 is 2.26 bits per heavy atom. The second kappa shape index (κ2) is 7.62. The summed E-state index contributed by atoms with van der Waals surface area (Å²) in [6, 6.07) is 0.219. The van der Waals surface area contributed by atoms with Crippen molar-refractivity contribution in [1.29, 1.82) is 0 Å². The summed E-state index contributed by atoms with van der Waals surface area (Å²) in [5.74, 6) is 0.503. The van der Waals surface area contributed by atoms with Crippen LogP contribution in [0, 0.1) is 12.8 Å². The lowest BCUT2D eigenvalue weighted by Crippen LogP contribution is -2.49. The summed E-state index contributed by atoms with van der Waals surface area (Å²) in [5.41, 5.74) is 1.18. The second-order valence-corrected chi connectivity index (χ2v) is 7.80. The Labute approximate surface area is 142 Å². The van der Waals surface area contributed by atoms with Crippen LogP contribution in [0.1, 0.15) is 48.2 Å². The summed E-state index contributed by atoms with van der Waals surface area (Å²) in [4.78, 5) is 18.0. The van der Waals surface area contributed by atoms with E-state index in [4.69, 9.17) is 4.74 Å². The number of hydrogen-bond acceptors (Lipinski definition) is 4. The molecule has 6 heteroatoms. The van der Waals surface area contributed by atoms with E-state index < -0.39 is 0 Å². The average molecular weight is 337 g/mol. The van der Waals surface area contributed by atoms with Crippen LogP contribution in [-0.4, -0.2) is 36.3 Å². The van der Waals surface area contributed by atoms with Gasteiger partial charge in [-0.3, -0.25) is 0 Å². The molecule has 0 unspecified atom stereocenters. The first kappa shape index (κ1) is 16.7. The van der Waals surface area contributed by atoms with Crippen LogP contribution in [0.2, 0.25) is 0 Å². The fourth-order valence-electron chi connectivity index (χ4n) is 3.78. The maximum atomic E-state index is 12.1. The van der Waals surface area contributed by atoms with Crippen molar-refractivity contribution in [2.75, 3.05) is 13.2 Å². The van der Waals surface area contributed by atoms with Crippen LogP contribution in [-0.2, 0) is 17.6 Å². The number of rotatable bonds is 5. The van der Waals surface area contributed by atoms with Gasteiger partial charge in [-0.2, -0.15) is 0 Å². The number of carbonyl (C=O) groups is 1. The Morgan fingerprint density at radius 3 is 3.04 bits per heavy atom. The molecule has 3 atom stereocenters. The number of ether oxygens (including phenoxy) is 1. The van der Waals surface area contributed by atoms with E-state index >= 15 is 0 Å². The molecule has 0 aromatic carbocycles. The summed E-state index contributed by atoms with van der Waals surface area (Å²) >= 11 is 1.74. The van der Waals surface area contributed by atoms with Gasteiger partial charge in [-0.05, 0) is 39.0 Å². The van der Waals surface area contributed by atoms with Crippen LogP contribution in [0.15, 0.2) is 0 Å². The van der Waals surface area contributed by atoms with Gasteiger partial charge in [0.05, 0.1) is 16.8 Å². The number of urea groups is 1. The summed E-state index contributed by atoms with van der Waals surface area (Å²) in [7, 11) is 0. The Balaban J connectivity index is 1.42. The topological polar surface area (TPSA) is 63.2 Å². The third kappa shape index (κ3) is 4.04. The molecule has 1 aromatic heterocycles. The van der Waals surface area contributed by atoms with Crippen molar-refractivity contribution >= 4 is 17.4 Å². The number of nitrogens with one attached hydrogen (secondary N) is 2. The normalized spacial score (nSPS) is 26.8. The zero-order valence-corrected chi connectivity index (χ0v) is 14.9. The molecule has 3 rings (SSSR count). The summed E-state index contributed by atoms with van der Waals surface area (Å²) in [6.07, 6.45) is 6.58. The van der Waals surface area contributed by atoms with Crippen LogP contribution >= 0.6 is 11.3 Å². The van der Waals surface area contributed by atoms with Crippen LogP contribution < -0.4 is 10.6 Å². The molecule has 2 aliphatic rings. The second-order valence-electron chi connectivity index (χ2n) is 6.51. The number of aryl methyl sites for hydroxylation is 2. The average Bonchev–Trinajstić information content (AvgIpc) is 3.14. The number of amides is 2. The lowest BCUT2D eigenvalue weighted by atomic mass is 9.82. The van der Waals surface area contributed by atoms with E-state index in [2.05, 4.69) is 29.5 Å². The Hall–Kier alpha value is -1.14. The standard InChI is InChI=1S/C17H27N3O2S/c1-3-13-11(2)23-16(19-13)7-9-18-17(21)20-14-5-4-6-15-12(14)8-10-22-15/h12,14-15H,3-10H2,1-2H3,(H2,18,20,21)/t12-,14-,15+/m1/s1. The summed E-state index contributed by atoms with van der Waals surface area (Å²) in [6.45, 7) is 5.72. The van der Waals surface area contributed by atoms with E-state index in [0.717, 1.165) is 50.1 Å². The fourth-order valence-corrected chi connectivity index (χ4v) is 4.80. The molecule has 128 valence electrons. The van der Waals surface area contributed by atoms with Gasteiger partial charge in [0, 0.05) is 36.4 Å². The van der Waals surface area contributed by atoms with Crippen molar-refractivity contribution in [3.8, 4) is 0 Å². The maximum absolute atomic E-state index is 12.1. The molecule has 2 N–H and O–H groups in total. The van der Waals surface area contributed by atoms with Gasteiger partial charge in [0.25, 0.3) is 0 Å². The smallest absolute Gasteiger partial charge is 0.315 e. The van der Waals surface area contributed by atoms with Gasteiger partial charge < -0.3 is 15.4 Å². The monoisotopic (exact) mass is 337 g/mol. The Bertz CT molecular complexity index is 546. The molecule has 1 aliphatic heterocycles. The van der Waals surface area contributed by atoms with Crippen LogP contribution in [0.5, 0.6) is 0 Å². The Morgan fingerprint density at radius 1 is 1.39 bits per heavy atom. The molecular weight excluding hydrogens is 310 g/mol. The molecular formula is C17H27N3O2S. The van der Waals surface area contributed by atoms with Crippen molar-refractivity contribution in [2.24, 2.45) is 5.92 Å². The summed E-state index contributed by atoms with van der Waals surface area (Å²) < 4.78 is 5.75. The number of carbonyl (C=O) groups excluding carboxylic acids is 1. The van der Waals surface area contributed by atoms with Gasteiger partial charge in [0.2, 0.25) is 0 Å². The van der Waals surface area contributed by atoms with Crippen molar-refractivity contribution in [3.63, 3.8) is 0 Å². The lowest BCUT2D eigenvalue weighted by Gasteiger charge is -2.33. The number of aromatic nitrogens is 1. The van der Waals surface area contributed by atoms with Gasteiger partial charge in [-0.25, -0.2) is 9.78 Å². The van der Waals surface area contributed by atoms with Crippen molar-refractivity contribution in [3.05, 3.63) is 15.6 Å². The third-order valence-electron chi connectivity index (χ3n) is 4.99. The van der Waals surface area contributed by atoms with E-state index in [9.17, 15) is 4.79 Å².